The smallest absolute Gasteiger partial charge is 0.196 e. The van der Waals surface area contributed by atoms with E-state index in [0.717, 1.165) is 21.4 Å². The molecule has 5 nitrogen and oxygen atoms in total. The highest BCUT2D eigenvalue weighted by atomic mass is 79.9. The van der Waals surface area contributed by atoms with E-state index >= 15 is 0 Å². The Morgan fingerprint density at radius 1 is 1.40 bits per heavy atom. The second-order valence-corrected chi connectivity index (χ2v) is 5.79. The third-order valence-corrected chi connectivity index (χ3v) is 4.20. The Morgan fingerprint density at radius 2 is 2.20 bits per heavy atom. The summed E-state index contributed by atoms with van der Waals surface area (Å²) in [7, 11) is 1.95. The normalized spacial score (nSPS) is 18.4. The van der Waals surface area contributed by atoms with E-state index in [2.05, 4.69) is 37.8 Å². The predicted molar refractivity (Wildman–Crippen MR) is 83.8 cm³/mol. The van der Waals surface area contributed by atoms with Crippen molar-refractivity contribution in [1.29, 1.82) is 0 Å². The summed E-state index contributed by atoms with van der Waals surface area (Å²) in [6.07, 6.45) is 1.90. The Balaban J connectivity index is 2.03. The van der Waals surface area contributed by atoms with Gasteiger partial charge in [-0.2, -0.15) is 5.10 Å². The van der Waals surface area contributed by atoms with Crippen LogP contribution < -0.4 is 10.6 Å². The summed E-state index contributed by atoms with van der Waals surface area (Å²) >= 11 is 3.50. The van der Waals surface area contributed by atoms with Crippen LogP contribution in [0.2, 0.25) is 0 Å². The fourth-order valence-electron chi connectivity index (χ4n) is 2.52. The Hall–Kier alpha value is -1.82. The van der Waals surface area contributed by atoms with Crippen molar-refractivity contribution >= 4 is 27.6 Å². The molecule has 1 aromatic heterocycles. The summed E-state index contributed by atoms with van der Waals surface area (Å²) in [6.45, 7) is 2.72. The molecular formula is C14H16BrN5. The fourth-order valence-corrected chi connectivity index (χ4v) is 2.90. The van der Waals surface area contributed by atoms with Crippen LogP contribution in [0.4, 0.5) is 5.69 Å². The van der Waals surface area contributed by atoms with Gasteiger partial charge in [0.25, 0.3) is 0 Å². The van der Waals surface area contributed by atoms with Gasteiger partial charge < -0.3 is 10.6 Å². The van der Waals surface area contributed by atoms with Crippen LogP contribution in [0, 0.1) is 6.92 Å². The van der Waals surface area contributed by atoms with E-state index in [1.807, 2.05) is 42.2 Å². The van der Waals surface area contributed by atoms with Crippen LogP contribution in [-0.2, 0) is 7.05 Å². The summed E-state index contributed by atoms with van der Waals surface area (Å²) < 4.78 is 2.90. The maximum atomic E-state index is 6.08. The van der Waals surface area contributed by atoms with Gasteiger partial charge in [-0.15, -0.1) is 0 Å². The monoisotopic (exact) mass is 333 g/mol. The minimum Gasteiger partial charge on any atom is -0.369 e. The van der Waals surface area contributed by atoms with E-state index in [1.54, 1.807) is 0 Å². The summed E-state index contributed by atoms with van der Waals surface area (Å²) in [5.74, 6) is 0.552. The molecule has 0 fully saturated rings. The van der Waals surface area contributed by atoms with Gasteiger partial charge in [-0.3, -0.25) is 9.67 Å². The standard InChI is InChI=1S/C14H16BrN5/c1-9-12(7-18-19(9)2)13-8-17-14(16)20(13)11-5-3-4-10(15)6-11/h3-7,13H,8H2,1-2H3,(H2,16,17). The first-order chi connectivity index (χ1) is 9.58. The first kappa shape index (κ1) is 13.2. The Morgan fingerprint density at radius 3 is 2.85 bits per heavy atom. The number of aryl methyl sites for hydroxylation is 1. The zero-order valence-electron chi connectivity index (χ0n) is 11.4. The molecule has 0 saturated heterocycles. The quantitative estimate of drug-likeness (QED) is 0.917. The highest BCUT2D eigenvalue weighted by Crippen LogP contribution is 2.33. The molecule has 6 heteroatoms. The molecule has 0 spiro atoms. The number of aromatic nitrogens is 2. The van der Waals surface area contributed by atoms with Crippen LogP contribution in [0.5, 0.6) is 0 Å². The van der Waals surface area contributed by atoms with Gasteiger partial charge in [-0.1, -0.05) is 22.0 Å². The van der Waals surface area contributed by atoms with Crippen molar-refractivity contribution in [1.82, 2.24) is 9.78 Å². The first-order valence-electron chi connectivity index (χ1n) is 6.41. The van der Waals surface area contributed by atoms with Crippen molar-refractivity contribution in [2.24, 2.45) is 17.8 Å². The van der Waals surface area contributed by atoms with E-state index < -0.39 is 0 Å². The lowest BCUT2D eigenvalue weighted by Gasteiger charge is -2.26. The first-order valence-corrected chi connectivity index (χ1v) is 7.20. The number of rotatable bonds is 2. The molecule has 0 radical (unpaired) electrons. The molecule has 0 bridgehead atoms. The van der Waals surface area contributed by atoms with Crippen molar-refractivity contribution in [3.05, 3.63) is 46.2 Å². The third-order valence-electron chi connectivity index (χ3n) is 3.70. The summed E-state index contributed by atoms with van der Waals surface area (Å²) in [5, 5.41) is 4.32. The molecule has 1 atom stereocenters. The van der Waals surface area contributed by atoms with Gasteiger partial charge in [0, 0.05) is 28.5 Å². The zero-order chi connectivity index (χ0) is 14.3. The van der Waals surface area contributed by atoms with Crippen LogP contribution in [0.15, 0.2) is 39.9 Å². The predicted octanol–water partition coefficient (Wildman–Crippen LogP) is 2.37. The van der Waals surface area contributed by atoms with Crippen molar-refractivity contribution in [2.45, 2.75) is 13.0 Å². The molecule has 1 aliphatic heterocycles. The minimum absolute atomic E-state index is 0.109. The molecule has 0 amide bonds. The lowest BCUT2D eigenvalue weighted by molar-refractivity contribution is 0.723. The van der Waals surface area contributed by atoms with Crippen molar-refractivity contribution < 1.29 is 0 Å². The lowest BCUT2D eigenvalue weighted by Crippen LogP contribution is -2.36. The fraction of sp³-hybridized carbons (Fsp3) is 0.286. The van der Waals surface area contributed by atoms with Crippen LogP contribution in [0.25, 0.3) is 0 Å². The second-order valence-electron chi connectivity index (χ2n) is 4.87. The van der Waals surface area contributed by atoms with Crippen LogP contribution in [-0.4, -0.2) is 22.3 Å². The lowest BCUT2D eigenvalue weighted by atomic mass is 10.1. The summed E-state index contributed by atoms with van der Waals surface area (Å²) in [6, 6.07) is 8.19. The van der Waals surface area contributed by atoms with Crippen molar-refractivity contribution in [3.63, 3.8) is 0 Å². The number of hydrogen-bond acceptors (Lipinski definition) is 4. The van der Waals surface area contributed by atoms with E-state index in [1.165, 1.54) is 0 Å². The number of nitrogens with two attached hydrogens (primary N) is 1. The third kappa shape index (κ3) is 2.10. The average Bonchev–Trinajstić information content (AvgIpc) is 2.94. The average molecular weight is 334 g/mol. The molecule has 3 rings (SSSR count). The van der Waals surface area contributed by atoms with E-state index in [9.17, 15) is 0 Å². The van der Waals surface area contributed by atoms with Crippen LogP contribution in [0.3, 0.4) is 0 Å². The number of halogens is 1. The molecule has 2 aromatic rings. The Labute approximate surface area is 126 Å². The molecule has 1 unspecified atom stereocenters. The summed E-state index contributed by atoms with van der Waals surface area (Å²) in [5.41, 5.74) is 9.42. The number of anilines is 1. The van der Waals surface area contributed by atoms with Gasteiger partial charge in [-0.25, -0.2) is 0 Å². The van der Waals surface area contributed by atoms with Crippen molar-refractivity contribution in [3.8, 4) is 0 Å². The zero-order valence-corrected chi connectivity index (χ0v) is 13.0. The molecule has 1 aromatic carbocycles. The van der Waals surface area contributed by atoms with Gasteiger partial charge in [-0.05, 0) is 25.1 Å². The number of hydrogen-bond donors (Lipinski definition) is 1. The van der Waals surface area contributed by atoms with Gasteiger partial charge in [0.05, 0.1) is 18.8 Å². The molecule has 104 valence electrons. The molecule has 20 heavy (non-hydrogen) atoms. The van der Waals surface area contributed by atoms with Gasteiger partial charge in [0.2, 0.25) is 0 Å². The number of benzene rings is 1. The highest BCUT2D eigenvalue weighted by Gasteiger charge is 2.31. The van der Waals surface area contributed by atoms with Gasteiger partial charge >= 0.3 is 0 Å². The topological polar surface area (TPSA) is 59.4 Å². The molecule has 1 aliphatic rings. The largest absolute Gasteiger partial charge is 0.369 e. The number of guanidine groups is 1. The highest BCUT2D eigenvalue weighted by molar-refractivity contribution is 9.10. The number of nitrogens with zero attached hydrogens (tertiary/aromatic N) is 4. The van der Waals surface area contributed by atoms with Gasteiger partial charge in [0.1, 0.15) is 0 Å². The van der Waals surface area contributed by atoms with E-state index in [0.29, 0.717) is 12.5 Å². The molecule has 2 N–H and O–H groups in total. The second kappa shape index (κ2) is 4.94. The maximum Gasteiger partial charge on any atom is 0.196 e. The summed E-state index contributed by atoms with van der Waals surface area (Å²) in [4.78, 5) is 6.46. The minimum atomic E-state index is 0.109. The maximum absolute atomic E-state index is 6.08. The van der Waals surface area contributed by atoms with E-state index in [-0.39, 0.29) is 6.04 Å². The Bertz CT molecular complexity index is 676. The molecule has 0 saturated carbocycles. The van der Waals surface area contributed by atoms with E-state index in [4.69, 9.17) is 5.73 Å². The Kier molecular flexibility index (Phi) is 3.25. The SMILES string of the molecule is Cc1c(C2CN=C(N)N2c2cccc(Br)c2)cnn1C. The van der Waals surface area contributed by atoms with Gasteiger partial charge in [0.15, 0.2) is 5.96 Å². The molecular weight excluding hydrogens is 318 g/mol. The van der Waals surface area contributed by atoms with Crippen LogP contribution in [0.1, 0.15) is 17.3 Å². The molecule has 0 aliphatic carbocycles. The number of aliphatic imine (C=N–C) groups is 1. The van der Waals surface area contributed by atoms with Crippen LogP contribution >= 0.6 is 15.9 Å². The van der Waals surface area contributed by atoms with Crippen molar-refractivity contribution in [2.75, 3.05) is 11.4 Å². The molecule has 2 heterocycles.